The van der Waals surface area contributed by atoms with Gasteiger partial charge in [0.2, 0.25) is 0 Å². The van der Waals surface area contributed by atoms with Crippen molar-refractivity contribution in [2.45, 2.75) is 63.7 Å². The number of aliphatic hydroxyl groups is 2. The van der Waals surface area contributed by atoms with E-state index in [1.807, 2.05) is 6.92 Å². The van der Waals surface area contributed by atoms with Gasteiger partial charge in [0, 0.05) is 12.5 Å². The van der Waals surface area contributed by atoms with Crippen LogP contribution in [0.2, 0.25) is 5.04 Å². The van der Waals surface area contributed by atoms with E-state index in [0.717, 1.165) is 0 Å². The highest BCUT2D eigenvalue weighted by Gasteiger charge is 2.58. The third-order valence-electron chi connectivity index (χ3n) is 9.20. The maximum Gasteiger partial charge on any atom is 0.261 e. The van der Waals surface area contributed by atoms with Crippen LogP contribution in [0.25, 0.3) is 0 Å². The van der Waals surface area contributed by atoms with E-state index in [-0.39, 0.29) is 36.2 Å². The molecule has 2 fully saturated rings. The van der Waals surface area contributed by atoms with Gasteiger partial charge in [-0.2, -0.15) is 0 Å². The SMILES string of the molecule is CC(C)(C)[Si](OC[C@@H]1[C@H]2CCC[C@H]2C=C2[C@@H](CO)O[C@@](C)(CO)[C@@H]21)(c1ccccc1)c1ccccc1. The lowest BCUT2D eigenvalue weighted by molar-refractivity contribution is -0.103. The average molecular weight is 507 g/mol. The first-order valence-corrected chi connectivity index (χ1v) is 15.5. The topological polar surface area (TPSA) is 58.9 Å². The summed E-state index contributed by atoms with van der Waals surface area (Å²) < 4.78 is 13.8. The van der Waals surface area contributed by atoms with E-state index in [4.69, 9.17) is 9.16 Å². The predicted octanol–water partition coefficient (Wildman–Crippen LogP) is 4.29. The molecule has 1 saturated carbocycles. The summed E-state index contributed by atoms with van der Waals surface area (Å²) in [6.07, 6.45) is 5.66. The fraction of sp³-hybridized carbons (Fsp3) is 0.548. The minimum absolute atomic E-state index is 0.0441. The number of fused-ring (bicyclic) bond motifs is 2. The minimum atomic E-state index is -2.68. The van der Waals surface area contributed by atoms with Gasteiger partial charge in [-0.1, -0.05) is 93.9 Å². The first-order valence-electron chi connectivity index (χ1n) is 13.6. The molecule has 0 bridgehead atoms. The van der Waals surface area contributed by atoms with Crippen LogP contribution < -0.4 is 10.4 Å². The van der Waals surface area contributed by atoms with Crippen LogP contribution in [-0.2, 0) is 9.16 Å². The monoisotopic (exact) mass is 506 g/mol. The summed E-state index contributed by atoms with van der Waals surface area (Å²) in [7, 11) is -2.68. The molecule has 1 saturated heterocycles. The number of hydrogen-bond donors (Lipinski definition) is 2. The van der Waals surface area contributed by atoms with Crippen molar-refractivity contribution in [2.75, 3.05) is 19.8 Å². The van der Waals surface area contributed by atoms with Gasteiger partial charge in [0.05, 0.1) is 18.8 Å². The number of hydrogen-bond acceptors (Lipinski definition) is 4. The third kappa shape index (κ3) is 4.13. The van der Waals surface area contributed by atoms with Crippen molar-refractivity contribution in [3.05, 3.63) is 72.3 Å². The quantitative estimate of drug-likeness (QED) is 0.434. The van der Waals surface area contributed by atoms with Gasteiger partial charge >= 0.3 is 0 Å². The number of allylic oxidation sites excluding steroid dienone is 1. The zero-order chi connectivity index (χ0) is 25.6. The fourth-order valence-electron chi connectivity index (χ4n) is 7.66. The Balaban J connectivity index is 1.59. The molecule has 1 aliphatic heterocycles. The van der Waals surface area contributed by atoms with Crippen LogP contribution in [-0.4, -0.2) is 50.1 Å². The molecule has 5 rings (SSSR count). The maximum absolute atomic E-state index is 10.5. The molecule has 36 heavy (non-hydrogen) atoms. The van der Waals surface area contributed by atoms with Crippen LogP contribution in [0.15, 0.2) is 72.3 Å². The van der Waals surface area contributed by atoms with E-state index in [1.54, 1.807) is 0 Å². The normalized spacial score (nSPS) is 32.2. The van der Waals surface area contributed by atoms with Gasteiger partial charge in [-0.25, -0.2) is 0 Å². The summed E-state index contributed by atoms with van der Waals surface area (Å²) in [4.78, 5) is 0. The first-order chi connectivity index (χ1) is 17.2. The molecule has 0 unspecified atom stereocenters. The Morgan fingerprint density at radius 3 is 2.11 bits per heavy atom. The zero-order valence-corrected chi connectivity index (χ0v) is 23.2. The molecule has 5 heteroatoms. The van der Waals surface area contributed by atoms with E-state index < -0.39 is 13.9 Å². The number of rotatable bonds is 7. The molecule has 6 atom stereocenters. The molecule has 2 aromatic rings. The summed E-state index contributed by atoms with van der Waals surface area (Å²) in [5, 5.41) is 23.1. The minimum Gasteiger partial charge on any atom is -0.407 e. The first kappa shape index (κ1) is 25.9. The van der Waals surface area contributed by atoms with Crippen molar-refractivity contribution >= 4 is 18.7 Å². The molecule has 0 aromatic heterocycles. The number of aliphatic hydroxyl groups excluding tert-OH is 2. The Morgan fingerprint density at radius 1 is 0.972 bits per heavy atom. The van der Waals surface area contributed by atoms with Crippen LogP contribution in [0.4, 0.5) is 0 Å². The molecule has 3 aliphatic rings. The molecular weight excluding hydrogens is 464 g/mol. The van der Waals surface area contributed by atoms with Gasteiger partial charge in [0.15, 0.2) is 0 Å². The van der Waals surface area contributed by atoms with Gasteiger partial charge < -0.3 is 19.4 Å². The van der Waals surface area contributed by atoms with Crippen molar-refractivity contribution in [3.63, 3.8) is 0 Å². The Kier molecular flexibility index (Phi) is 7.07. The van der Waals surface area contributed by atoms with E-state index >= 15 is 0 Å². The van der Waals surface area contributed by atoms with Gasteiger partial charge in [0.1, 0.15) is 6.10 Å². The van der Waals surface area contributed by atoms with Crippen molar-refractivity contribution in [1.29, 1.82) is 0 Å². The highest BCUT2D eigenvalue weighted by Crippen LogP contribution is 2.55. The smallest absolute Gasteiger partial charge is 0.261 e. The van der Waals surface area contributed by atoms with Crippen LogP contribution in [0.3, 0.4) is 0 Å². The molecule has 0 amide bonds. The maximum atomic E-state index is 10.5. The molecule has 2 N–H and O–H groups in total. The molecule has 1 heterocycles. The molecule has 4 nitrogen and oxygen atoms in total. The van der Waals surface area contributed by atoms with E-state index in [9.17, 15) is 10.2 Å². The standard InChI is InChI=1S/C31H42O4Si/c1-30(2,3)36(23-13-7-5-8-14-23,24-15-9-6-10-16-24)34-20-27-25-17-11-12-22(25)18-26-28(19-32)35-31(4,21-33)29(26)27/h5-10,13-16,18,22,25,27-29,32-33H,11-12,17,19-21H2,1-4H3/t22-,25-,27+,28+,29-,31-/m0/s1. The highest BCUT2D eigenvalue weighted by atomic mass is 28.4. The second kappa shape index (κ2) is 9.84. The lowest BCUT2D eigenvalue weighted by Crippen LogP contribution is -2.67. The molecule has 0 spiro atoms. The van der Waals surface area contributed by atoms with E-state index in [1.165, 1.54) is 35.2 Å². The van der Waals surface area contributed by atoms with Crippen molar-refractivity contribution in [2.24, 2.45) is 23.7 Å². The van der Waals surface area contributed by atoms with E-state index in [0.29, 0.717) is 18.4 Å². The Labute approximate surface area is 217 Å². The second-order valence-corrected chi connectivity index (χ2v) is 16.6. The Bertz CT molecular complexity index is 1020. The van der Waals surface area contributed by atoms with Crippen LogP contribution in [0, 0.1) is 23.7 Å². The summed E-state index contributed by atoms with van der Waals surface area (Å²) >= 11 is 0. The number of benzene rings is 2. The van der Waals surface area contributed by atoms with Gasteiger partial charge in [0.25, 0.3) is 8.32 Å². The zero-order valence-electron chi connectivity index (χ0n) is 22.2. The summed E-state index contributed by atoms with van der Waals surface area (Å²) in [6.45, 7) is 9.52. The van der Waals surface area contributed by atoms with Crippen LogP contribution >= 0.6 is 0 Å². The second-order valence-electron chi connectivity index (χ2n) is 12.3. The van der Waals surface area contributed by atoms with Crippen molar-refractivity contribution < 1.29 is 19.4 Å². The largest absolute Gasteiger partial charge is 0.407 e. The fourth-order valence-corrected chi connectivity index (χ4v) is 12.3. The van der Waals surface area contributed by atoms with Crippen LogP contribution in [0.1, 0.15) is 47.0 Å². The van der Waals surface area contributed by atoms with Crippen molar-refractivity contribution in [3.8, 4) is 0 Å². The van der Waals surface area contributed by atoms with Gasteiger partial charge in [-0.05, 0) is 58.5 Å². The van der Waals surface area contributed by atoms with Crippen LogP contribution in [0.5, 0.6) is 0 Å². The number of ether oxygens (including phenoxy) is 1. The van der Waals surface area contributed by atoms with Gasteiger partial charge in [-0.15, -0.1) is 0 Å². The molecule has 194 valence electrons. The third-order valence-corrected chi connectivity index (χ3v) is 14.2. The average Bonchev–Trinajstić information content (AvgIpc) is 3.47. The summed E-state index contributed by atoms with van der Waals surface area (Å²) in [5.41, 5.74) is 0.486. The van der Waals surface area contributed by atoms with Gasteiger partial charge in [-0.3, -0.25) is 0 Å². The summed E-state index contributed by atoms with van der Waals surface area (Å²) in [6, 6.07) is 21.6. The Hall–Kier alpha value is -1.76. The van der Waals surface area contributed by atoms with E-state index in [2.05, 4.69) is 87.5 Å². The van der Waals surface area contributed by atoms with Crippen molar-refractivity contribution in [1.82, 2.24) is 0 Å². The predicted molar refractivity (Wildman–Crippen MR) is 147 cm³/mol. The molecule has 0 radical (unpaired) electrons. The Morgan fingerprint density at radius 2 is 1.58 bits per heavy atom. The molecular formula is C31H42O4Si. The summed E-state index contributed by atoms with van der Waals surface area (Å²) in [5.74, 6) is 1.32. The molecule has 2 aliphatic carbocycles. The molecule has 2 aromatic carbocycles. The lowest BCUT2D eigenvalue weighted by atomic mass is 9.64. The highest BCUT2D eigenvalue weighted by molar-refractivity contribution is 6.99. The lowest BCUT2D eigenvalue weighted by Gasteiger charge is -2.47.